The molecule has 0 spiro atoms. The molecule has 9 heteroatoms. The Kier molecular flexibility index (Phi) is 5.12. The molecular weight excluding hydrogens is 405 g/mol. The van der Waals surface area contributed by atoms with Crippen molar-refractivity contribution in [2.75, 3.05) is 31.1 Å². The first-order chi connectivity index (χ1) is 11.3. The zero-order valence-corrected chi connectivity index (χ0v) is 15.3. The molecular formula is C15H16BrF3N4S. The zero-order valence-electron chi connectivity index (χ0n) is 12.9. The highest BCUT2D eigenvalue weighted by Crippen LogP contribution is 2.35. The summed E-state index contributed by atoms with van der Waals surface area (Å²) in [6.07, 6.45) is -4.42. The molecule has 1 atom stereocenters. The molecule has 2 aromatic rings. The summed E-state index contributed by atoms with van der Waals surface area (Å²) in [6, 6.07) is 8.47. The Morgan fingerprint density at radius 3 is 2.25 bits per heavy atom. The molecule has 130 valence electrons. The van der Waals surface area contributed by atoms with E-state index in [1.165, 1.54) is 5.56 Å². The summed E-state index contributed by atoms with van der Waals surface area (Å²) in [5, 5.41) is 6.41. The van der Waals surface area contributed by atoms with Gasteiger partial charge in [0.05, 0.1) is 0 Å². The van der Waals surface area contributed by atoms with Gasteiger partial charge in [-0.3, -0.25) is 4.90 Å². The lowest BCUT2D eigenvalue weighted by molar-refractivity contribution is -0.138. The van der Waals surface area contributed by atoms with E-state index in [4.69, 9.17) is 0 Å². The van der Waals surface area contributed by atoms with E-state index in [0.29, 0.717) is 29.6 Å². The lowest BCUT2D eigenvalue weighted by atomic mass is 10.1. The standard InChI is InChI=1S/C15H16BrF3N4S/c1-10(11-2-4-12(16)5-3-11)22-6-8-23(9-7-22)14-21-20-13(24-14)15(17,18)19/h2-5,10H,6-9H2,1H3. The highest BCUT2D eigenvalue weighted by Gasteiger charge is 2.36. The lowest BCUT2D eigenvalue weighted by Gasteiger charge is -2.38. The molecule has 24 heavy (non-hydrogen) atoms. The van der Waals surface area contributed by atoms with E-state index in [1.807, 2.05) is 17.0 Å². The first-order valence-corrected chi connectivity index (χ1v) is 9.10. The van der Waals surface area contributed by atoms with Crippen molar-refractivity contribution in [2.45, 2.75) is 19.1 Å². The molecule has 1 fully saturated rings. The fourth-order valence-electron chi connectivity index (χ4n) is 2.71. The van der Waals surface area contributed by atoms with Crippen molar-refractivity contribution in [1.29, 1.82) is 0 Å². The minimum atomic E-state index is -4.42. The third-order valence-corrected chi connectivity index (χ3v) is 5.70. The molecule has 0 amide bonds. The van der Waals surface area contributed by atoms with Crippen LogP contribution in [-0.4, -0.2) is 41.3 Å². The van der Waals surface area contributed by atoms with Gasteiger partial charge >= 0.3 is 6.18 Å². The van der Waals surface area contributed by atoms with Crippen molar-refractivity contribution in [1.82, 2.24) is 15.1 Å². The van der Waals surface area contributed by atoms with Gasteiger partial charge < -0.3 is 4.90 Å². The summed E-state index contributed by atoms with van der Waals surface area (Å²) < 4.78 is 38.9. The number of halogens is 4. The molecule has 1 aromatic heterocycles. The van der Waals surface area contributed by atoms with E-state index in [0.717, 1.165) is 17.6 Å². The van der Waals surface area contributed by atoms with Crippen LogP contribution in [0.3, 0.4) is 0 Å². The Labute approximate surface area is 150 Å². The van der Waals surface area contributed by atoms with Crippen molar-refractivity contribution in [3.63, 3.8) is 0 Å². The monoisotopic (exact) mass is 420 g/mol. The van der Waals surface area contributed by atoms with Crippen molar-refractivity contribution in [3.05, 3.63) is 39.3 Å². The lowest BCUT2D eigenvalue weighted by Crippen LogP contribution is -2.47. The maximum atomic E-state index is 12.6. The van der Waals surface area contributed by atoms with Crippen molar-refractivity contribution < 1.29 is 13.2 Å². The van der Waals surface area contributed by atoms with Crippen LogP contribution in [0.2, 0.25) is 0 Å². The molecule has 1 aromatic carbocycles. The maximum Gasteiger partial charge on any atom is 0.445 e. The number of nitrogens with zero attached hydrogens (tertiary/aromatic N) is 4. The van der Waals surface area contributed by atoms with Gasteiger partial charge in [-0.05, 0) is 24.6 Å². The summed E-state index contributed by atoms with van der Waals surface area (Å²) >= 11 is 4.04. The normalized spacial score (nSPS) is 18.0. The minimum absolute atomic E-state index is 0.264. The third kappa shape index (κ3) is 3.89. The van der Waals surface area contributed by atoms with E-state index >= 15 is 0 Å². The predicted molar refractivity (Wildman–Crippen MR) is 91.3 cm³/mol. The van der Waals surface area contributed by atoms with Gasteiger partial charge in [-0.2, -0.15) is 13.2 Å². The van der Waals surface area contributed by atoms with E-state index in [1.54, 1.807) is 0 Å². The molecule has 1 aliphatic rings. The Bertz CT molecular complexity index is 681. The van der Waals surface area contributed by atoms with E-state index in [2.05, 4.69) is 50.1 Å². The van der Waals surface area contributed by atoms with Gasteiger partial charge in [0.15, 0.2) is 0 Å². The second-order valence-electron chi connectivity index (χ2n) is 5.64. The Hall–Kier alpha value is -1.19. The van der Waals surface area contributed by atoms with Gasteiger partial charge in [-0.25, -0.2) is 0 Å². The quantitative estimate of drug-likeness (QED) is 0.744. The van der Waals surface area contributed by atoms with Crippen LogP contribution in [0.15, 0.2) is 28.7 Å². The minimum Gasteiger partial charge on any atom is -0.344 e. The Morgan fingerprint density at radius 2 is 1.71 bits per heavy atom. The van der Waals surface area contributed by atoms with Gasteiger partial charge in [-0.15, -0.1) is 10.2 Å². The van der Waals surface area contributed by atoms with Gasteiger partial charge in [0.1, 0.15) is 0 Å². The molecule has 1 unspecified atom stereocenters. The Balaban J connectivity index is 1.61. The predicted octanol–water partition coefficient (Wildman–Crippen LogP) is 4.20. The van der Waals surface area contributed by atoms with Crippen molar-refractivity contribution >= 4 is 32.4 Å². The highest BCUT2D eigenvalue weighted by atomic mass is 79.9. The number of benzene rings is 1. The average molecular weight is 421 g/mol. The summed E-state index contributed by atoms with van der Waals surface area (Å²) in [6.45, 7) is 4.99. The molecule has 0 bridgehead atoms. The number of hydrogen-bond acceptors (Lipinski definition) is 5. The molecule has 0 saturated carbocycles. The number of alkyl halides is 3. The van der Waals surface area contributed by atoms with Gasteiger partial charge in [0.2, 0.25) is 10.1 Å². The maximum absolute atomic E-state index is 12.6. The second-order valence-corrected chi connectivity index (χ2v) is 7.51. The fourth-order valence-corrected chi connectivity index (χ4v) is 3.74. The number of anilines is 1. The van der Waals surface area contributed by atoms with Crippen molar-refractivity contribution in [2.24, 2.45) is 0 Å². The van der Waals surface area contributed by atoms with Crippen LogP contribution in [0.4, 0.5) is 18.3 Å². The first kappa shape index (κ1) is 17.6. The number of piperazine rings is 1. The van der Waals surface area contributed by atoms with Crippen molar-refractivity contribution in [3.8, 4) is 0 Å². The number of hydrogen-bond donors (Lipinski definition) is 0. The van der Waals surface area contributed by atoms with Crippen LogP contribution in [0, 0.1) is 0 Å². The number of rotatable bonds is 3. The van der Waals surface area contributed by atoms with Gasteiger partial charge in [0.25, 0.3) is 0 Å². The SMILES string of the molecule is CC(c1ccc(Br)cc1)N1CCN(c2nnc(C(F)(F)F)s2)CC1. The molecule has 4 nitrogen and oxygen atoms in total. The molecule has 1 aliphatic heterocycles. The molecule has 1 saturated heterocycles. The van der Waals surface area contributed by atoms with E-state index < -0.39 is 11.2 Å². The third-order valence-electron chi connectivity index (χ3n) is 4.14. The summed E-state index contributed by atoms with van der Waals surface area (Å²) in [4.78, 5) is 4.20. The van der Waals surface area contributed by atoms with Crippen LogP contribution in [0.5, 0.6) is 0 Å². The zero-order chi connectivity index (χ0) is 17.3. The topological polar surface area (TPSA) is 32.3 Å². The fraction of sp³-hybridized carbons (Fsp3) is 0.467. The van der Waals surface area contributed by atoms with Gasteiger partial charge in [-0.1, -0.05) is 39.4 Å². The van der Waals surface area contributed by atoms with Crippen LogP contribution >= 0.6 is 27.3 Å². The van der Waals surface area contributed by atoms with Crippen LogP contribution in [-0.2, 0) is 6.18 Å². The number of aromatic nitrogens is 2. The molecule has 3 rings (SSSR count). The molecule has 0 aliphatic carbocycles. The van der Waals surface area contributed by atoms with E-state index in [9.17, 15) is 13.2 Å². The largest absolute Gasteiger partial charge is 0.445 e. The molecule has 0 N–H and O–H groups in total. The molecule has 0 radical (unpaired) electrons. The van der Waals surface area contributed by atoms with Crippen LogP contribution in [0.25, 0.3) is 0 Å². The summed E-state index contributed by atoms with van der Waals surface area (Å²) in [5.74, 6) is 0. The summed E-state index contributed by atoms with van der Waals surface area (Å²) in [7, 11) is 0. The first-order valence-electron chi connectivity index (χ1n) is 7.50. The average Bonchev–Trinajstić information content (AvgIpc) is 3.05. The Morgan fingerprint density at radius 1 is 1.08 bits per heavy atom. The van der Waals surface area contributed by atoms with E-state index in [-0.39, 0.29) is 6.04 Å². The summed E-state index contributed by atoms with van der Waals surface area (Å²) in [5.41, 5.74) is 1.22. The second kappa shape index (κ2) is 6.97. The van der Waals surface area contributed by atoms with Gasteiger partial charge in [0, 0.05) is 36.7 Å². The van der Waals surface area contributed by atoms with Crippen LogP contribution < -0.4 is 4.90 Å². The smallest absolute Gasteiger partial charge is 0.344 e. The highest BCUT2D eigenvalue weighted by molar-refractivity contribution is 9.10. The van der Waals surface area contributed by atoms with Crippen LogP contribution in [0.1, 0.15) is 23.5 Å². The molecule has 2 heterocycles.